The molecule has 0 bridgehead atoms. The van der Waals surface area contributed by atoms with Crippen LogP contribution in [0.4, 0.5) is 5.69 Å². The molecule has 1 aromatic heterocycles. The van der Waals surface area contributed by atoms with E-state index < -0.39 is 18.5 Å². The molecule has 31 heavy (non-hydrogen) atoms. The Balaban J connectivity index is 2.09. The molecular formula is C24H29N3O4. The number of aromatic nitrogens is 1. The van der Waals surface area contributed by atoms with Gasteiger partial charge in [-0.25, -0.2) is 4.79 Å². The molecule has 0 unspecified atom stereocenters. The fraction of sp³-hybridized carbons (Fsp3) is 0.375. The fourth-order valence-corrected chi connectivity index (χ4v) is 3.50. The van der Waals surface area contributed by atoms with Gasteiger partial charge in [0.2, 0.25) is 0 Å². The Labute approximate surface area is 183 Å². The zero-order valence-electron chi connectivity index (χ0n) is 18.9. The predicted octanol–water partition coefficient (Wildman–Crippen LogP) is 4.02. The lowest BCUT2D eigenvalue weighted by Crippen LogP contribution is -2.21. The monoisotopic (exact) mass is 423 g/mol. The summed E-state index contributed by atoms with van der Waals surface area (Å²) in [6.45, 7) is 9.78. The predicted molar refractivity (Wildman–Crippen MR) is 120 cm³/mol. The normalized spacial score (nSPS) is 12.2. The number of nitrogens with zero attached hydrogens (tertiary/aromatic N) is 2. The molecule has 0 aliphatic heterocycles. The van der Waals surface area contributed by atoms with E-state index in [4.69, 9.17) is 9.47 Å². The van der Waals surface area contributed by atoms with Crippen molar-refractivity contribution in [3.8, 4) is 6.07 Å². The summed E-state index contributed by atoms with van der Waals surface area (Å²) < 4.78 is 12.4. The third kappa shape index (κ3) is 6.06. The Bertz CT molecular complexity index is 1040. The Morgan fingerprint density at radius 3 is 2.58 bits per heavy atom. The van der Waals surface area contributed by atoms with Crippen molar-refractivity contribution < 1.29 is 19.1 Å². The van der Waals surface area contributed by atoms with Gasteiger partial charge in [0.1, 0.15) is 11.6 Å². The highest BCUT2D eigenvalue weighted by molar-refractivity contribution is 6.00. The SMILES string of the molecule is COC[C@H](C)n1c(C)cc(/C=C(\C#N)C(=O)OCC(=O)Nc2cc(C)ccc2C)c1C. The number of anilines is 1. The van der Waals surface area contributed by atoms with Crippen LogP contribution < -0.4 is 5.32 Å². The highest BCUT2D eigenvalue weighted by Gasteiger charge is 2.17. The second-order valence-corrected chi connectivity index (χ2v) is 7.61. The van der Waals surface area contributed by atoms with Crippen LogP contribution >= 0.6 is 0 Å². The molecule has 1 N–H and O–H groups in total. The number of nitrogens with one attached hydrogen (secondary N) is 1. The molecule has 0 aliphatic rings. The van der Waals surface area contributed by atoms with Crippen LogP contribution in [0.5, 0.6) is 0 Å². The largest absolute Gasteiger partial charge is 0.451 e. The first kappa shape index (κ1) is 23.9. The molecule has 7 nitrogen and oxygen atoms in total. The molecule has 164 valence electrons. The Kier molecular flexibility index (Phi) is 8.17. The van der Waals surface area contributed by atoms with Gasteiger partial charge in [-0.05, 0) is 69.5 Å². The van der Waals surface area contributed by atoms with Gasteiger partial charge in [0.05, 0.1) is 12.6 Å². The van der Waals surface area contributed by atoms with Crippen LogP contribution in [0.3, 0.4) is 0 Å². The van der Waals surface area contributed by atoms with E-state index in [0.717, 1.165) is 28.1 Å². The molecule has 1 amide bonds. The number of aryl methyl sites for hydroxylation is 3. The van der Waals surface area contributed by atoms with Crippen molar-refractivity contribution in [2.75, 3.05) is 25.6 Å². The van der Waals surface area contributed by atoms with Crippen LogP contribution in [0.15, 0.2) is 29.8 Å². The third-order valence-electron chi connectivity index (χ3n) is 5.01. The number of methoxy groups -OCH3 is 1. The van der Waals surface area contributed by atoms with Gasteiger partial charge in [0.15, 0.2) is 6.61 Å². The molecular weight excluding hydrogens is 394 g/mol. The van der Waals surface area contributed by atoms with E-state index >= 15 is 0 Å². The summed E-state index contributed by atoms with van der Waals surface area (Å²) in [5, 5.41) is 12.2. The second kappa shape index (κ2) is 10.6. The number of benzene rings is 1. The highest BCUT2D eigenvalue weighted by atomic mass is 16.5. The Morgan fingerprint density at radius 1 is 1.23 bits per heavy atom. The molecule has 0 spiro atoms. The van der Waals surface area contributed by atoms with Crippen LogP contribution in [0.25, 0.3) is 6.08 Å². The van der Waals surface area contributed by atoms with E-state index in [2.05, 4.69) is 9.88 Å². The molecule has 0 saturated heterocycles. The van der Waals surface area contributed by atoms with Crippen LogP contribution in [-0.4, -0.2) is 36.8 Å². The van der Waals surface area contributed by atoms with Crippen molar-refractivity contribution in [1.82, 2.24) is 4.57 Å². The molecule has 0 fully saturated rings. The van der Waals surface area contributed by atoms with E-state index in [0.29, 0.717) is 12.3 Å². The fourth-order valence-electron chi connectivity index (χ4n) is 3.50. The van der Waals surface area contributed by atoms with Crippen molar-refractivity contribution in [2.45, 2.75) is 40.7 Å². The van der Waals surface area contributed by atoms with Crippen molar-refractivity contribution >= 4 is 23.6 Å². The molecule has 0 saturated carbocycles. The van der Waals surface area contributed by atoms with E-state index in [1.165, 1.54) is 6.08 Å². The quantitative estimate of drug-likeness (QED) is 0.393. The summed E-state index contributed by atoms with van der Waals surface area (Å²) in [7, 11) is 1.64. The van der Waals surface area contributed by atoms with E-state index in [1.807, 2.05) is 65.0 Å². The van der Waals surface area contributed by atoms with Gasteiger partial charge in [0, 0.05) is 24.2 Å². The second-order valence-electron chi connectivity index (χ2n) is 7.61. The standard InChI is InChI=1S/C24H29N3O4/c1-15-7-8-16(2)22(9-15)26-23(28)14-31-24(29)21(12-25)11-20-10-17(3)27(19(20)5)18(4)13-30-6/h7-11,18H,13-14H2,1-6H3,(H,26,28)/b21-11+/t18-/m0/s1. The first-order valence-corrected chi connectivity index (χ1v) is 10.0. The number of hydrogen-bond acceptors (Lipinski definition) is 5. The van der Waals surface area contributed by atoms with Gasteiger partial charge >= 0.3 is 5.97 Å². The number of hydrogen-bond donors (Lipinski definition) is 1. The van der Waals surface area contributed by atoms with Gasteiger partial charge in [0.25, 0.3) is 5.91 Å². The Morgan fingerprint density at radius 2 is 1.94 bits per heavy atom. The maximum Gasteiger partial charge on any atom is 0.349 e. The summed E-state index contributed by atoms with van der Waals surface area (Å²) in [5.41, 5.74) is 5.05. The van der Waals surface area contributed by atoms with Gasteiger partial charge in [-0.3, -0.25) is 4.79 Å². The molecule has 1 aromatic carbocycles. The van der Waals surface area contributed by atoms with Gasteiger partial charge in [-0.2, -0.15) is 5.26 Å². The van der Waals surface area contributed by atoms with Crippen molar-refractivity contribution in [3.63, 3.8) is 0 Å². The number of rotatable bonds is 8. The molecule has 2 rings (SSSR count). The first-order chi connectivity index (χ1) is 14.7. The molecule has 0 radical (unpaired) electrons. The molecule has 1 heterocycles. The van der Waals surface area contributed by atoms with E-state index in [9.17, 15) is 14.9 Å². The van der Waals surface area contributed by atoms with E-state index in [1.54, 1.807) is 7.11 Å². The van der Waals surface area contributed by atoms with Gasteiger partial charge < -0.3 is 19.4 Å². The Hall–Kier alpha value is -3.37. The summed E-state index contributed by atoms with van der Waals surface area (Å²) in [4.78, 5) is 24.6. The minimum atomic E-state index is -0.839. The highest BCUT2D eigenvalue weighted by Crippen LogP contribution is 2.23. The summed E-state index contributed by atoms with van der Waals surface area (Å²) in [6, 6.07) is 9.57. The van der Waals surface area contributed by atoms with E-state index in [-0.39, 0.29) is 11.6 Å². The molecule has 1 atom stereocenters. The molecule has 2 aromatic rings. The lowest BCUT2D eigenvalue weighted by molar-refractivity contribution is -0.142. The van der Waals surface area contributed by atoms with Crippen LogP contribution in [0.1, 0.15) is 41.0 Å². The minimum absolute atomic E-state index is 0.110. The average Bonchev–Trinajstić information content (AvgIpc) is 3.00. The first-order valence-electron chi connectivity index (χ1n) is 10.0. The lowest BCUT2D eigenvalue weighted by atomic mass is 10.1. The number of carbonyl (C=O) groups is 2. The zero-order chi connectivity index (χ0) is 23.1. The van der Waals surface area contributed by atoms with Gasteiger partial charge in [-0.1, -0.05) is 12.1 Å². The number of amides is 1. The van der Waals surface area contributed by atoms with Crippen molar-refractivity contribution in [3.05, 3.63) is 57.9 Å². The zero-order valence-corrected chi connectivity index (χ0v) is 18.9. The number of esters is 1. The molecule has 0 aliphatic carbocycles. The minimum Gasteiger partial charge on any atom is -0.451 e. The van der Waals surface area contributed by atoms with Crippen molar-refractivity contribution in [1.29, 1.82) is 5.26 Å². The maximum atomic E-state index is 12.4. The summed E-state index contributed by atoms with van der Waals surface area (Å²) in [6.07, 6.45) is 1.49. The lowest BCUT2D eigenvalue weighted by Gasteiger charge is -2.17. The van der Waals surface area contributed by atoms with Crippen LogP contribution in [0.2, 0.25) is 0 Å². The smallest absolute Gasteiger partial charge is 0.349 e. The summed E-state index contributed by atoms with van der Waals surface area (Å²) >= 11 is 0. The summed E-state index contributed by atoms with van der Waals surface area (Å²) in [5.74, 6) is -1.31. The number of nitriles is 1. The van der Waals surface area contributed by atoms with Gasteiger partial charge in [-0.15, -0.1) is 0 Å². The topological polar surface area (TPSA) is 93.3 Å². The van der Waals surface area contributed by atoms with Crippen LogP contribution in [-0.2, 0) is 19.1 Å². The number of ether oxygens (including phenoxy) is 2. The average molecular weight is 424 g/mol. The van der Waals surface area contributed by atoms with Crippen molar-refractivity contribution in [2.24, 2.45) is 0 Å². The maximum absolute atomic E-state index is 12.4. The van der Waals surface area contributed by atoms with Crippen LogP contribution in [0, 0.1) is 39.0 Å². The number of carbonyl (C=O) groups excluding carboxylic acids is 2. The third-order valence-corrected chi connectivity index (χ3v) is 5.01. The molecule has 7 heteroatoms.